The second-order valence-corrected chi connectivity index (χ2v) is 11.8. The van der Waals surface area contributed by atoms with Gasteiger partial charge in [0.05, 0.1) is 41.5 Å². The molecule has 1 fully saturated rings. The van der Waals surface area contributed by atoms with E-state index >= 15 is 0 Å². The number of aromatic amines is 2. The summed E-state index contributed by atoms with van der Waals surface area (Å²) in [5.41, 5.74) is 6.41. The molecule has 12 heteroatoms. The third-order valence-corrected chi connectivity index (χ3v) is 8.07. The molecule has 0 atom stereocenters. The van der Waals surface area contributed by atoms with Crippen LogP contribution in [0, 0.1) is 5.82 Å². The summed E-state index contributed by atoms with van der Waals surface area (Å²) in [4.78, 5) is 33.3. The predicted molar refractivity (Wildman–Crippen MR) is 176 cm³/mol. The largest absolute Gasteiger partial charge is 0.492 e. The molecule has 0 aliphatic carbocycles. The lowest BCUT2D eigenvalue weighted by molar-refractivity contribution is -0.116. The molecule has 6 heterocycles. The maximum absolute atomic E-state index is 14.8. The van der Waals surface area contributed by atoms with Gasteiger partial charge in [0.2, 0.25) is 5.91 Å². The van der Waals surface area contributed by atoms with Crippen molar-refractivity contribution < 1.29 is 13.9 Å². The number of amides is 1. The Kier molecular flexibility index (Phi) is 8.12. The second kappa shape index (κ2) is 12.7. The Morgan fingerprint density at radius 2 is 1.89 bits per heavy atom. The van der Waals surface area contributed by atoms with Crippen LogP contribution in [0.15, 0.2) is 67.3 Å². The van der Waals surface area contributed by atoms with E-state index in [9.17, 15) is 9.18 Å². The number of H-pyrrole nitrogens is 2. The van der Waals surface area contributed by atoms with Gasteiger partial charge < -0.3 is 19.9 Å². The normalized spacial score (nSPS) is 13.7. The van der Waals surface area contributed by atoms with Gasteiger partial charge in [-0.15, -0.1) is 0 Å². The number of fused-ring (bicyclic) bond motifs is 2. The molecular formula is C34H34FN9O2. The Labute approximate surface area is 264 Å². The first-order valence-electron chi connectivity index (χ1n) is 15.3. The fraction of sp³-hybridized carbons (Fsp3) is 0.265. The fourth-order valence-electron chi connectivity index (χ4n) is 5.92. The zero-order valence-corrected chi connectivity index (χ0v) is 25.7. The number of carbonyl (C=O) groups is 1. The van der Waals surface area contributed by atoms with E-state index < -0.39 is 0 Å². The van der Waals surface area contributed by atoms with Crippen LogP contribution >= 0.6 is 0 Å². The summed E-state index contributed by atoms with van der Waals surface area (Å²) in [7, 11) is 3.67. The van der Waals surface area contributed by atoms with Crippen molar-refractivity contribution in [2.45, 2.75) is 12.8 Å². The number of likely N-dealkylation sites (tertiary alicyclic amines) is 1. The summed E-state index contributed by atoms with van der Waals surface area (Å²) in [5, 5.41) is 12.2. The van der Waals surface area contributed by atoms with Crippen molar-refractivity contribution >= 4 is 33.5 Å². The monoisotopic (exact) mass is 619 g/mol. The number of pyridine rings is 3. The smallest absolute Gasteiger partial charge is 0.238 e. The zero-order valence-electron chi connectivity index (χ0n) is 25.7. The number of hydrogen-bond donors (Lipinski definition) is 3. The van der Waals surface area contributed by atoms with Crippen LogP contribution in [-0.2, 0) is 4.79 Å². The first-order chi connectivity index (χ1) is 22.4. The van der Waals surface area contributed by atoms with Gasteiger partial charge in [0.15, 0.2) is 0 Å². The van der Waals surface area contributed by atoms with Gasteiger partial charge >= 0.3 is 0 Å². The van der Waals surface area contributed by atoms with E-state index in [2.05, 4.69) is 40.3 Å². The van der Waals surface area contributed by atoms with Crippen LogP contribution in [0.1, 0.15) is 12.8 Å². The molecule has 0 unspecified atom stereocenters. The van der Waals surface area contributed by atoms with Crippen molar-refractivity contribution in [1.29, 1.82) is 0 Å². The van der Waals surface area contributed by atoms with Crippen molar-refractivity contribution in [3.05, 3.63) is 73.1 Å². The number of hydrogen-bond acceptors (Lipinski definition) is 8. The van der Waals surface area contributed by atoms with Gasteiger partial charge in [-0.05, 0) is 87.6 Å². The van der Waals surface area contributed by atoms with Crippen molar-refractivity contribution in [1.82, 2.24) is 39.9 Å². The SMILES string of the molecule is CN(C)CC(=O)Nc1cncc(-c2cc3c(-c4cc5c(-c6cc(F)cc(OCCN7CCCC7)c6)ccnc5[nH]4)n[nH]c3cn2)c1. The molecule has 0 saturated carbocycles. The van der Waals surface area contributed by atoms with Crippen molar-refractivity contribution in [2.24, 2.45) is 0 Å². The Bertz CT molecular complexity index is 2030. The summed E-state index contributed by atoms with van der Waals surface area (Å²) < 4.78 is 20.8. The second-order valence-electron chi connectivity index (χ2n) is 11.8. The molecular weight excluding hydrogens is 585 g/mol. The minimum absolute atomic E-state index is 0.129. The summed E-state index contributed by atoms with van der Waals surface area (Å²) in [5.74, 6) is 0.0170. The summed E-state index contributed by atoms with van der Waals surface area (Å²) in [6, 6.07) is 12.5. The molecule has 3 N–H and O–H groups in total. The number of anilines is 1. The molecule has 1 amide bonds. The number of likely N-dealkylation sites (N-methyl/N-ethyl adjacent to an activating group) is 1. The molecule has 5 aromatic heterocycles. The minimum Gasteiger partial charge on any atom is -0.492 e. The van der Waals surface area contributed by atoms with Crippen LogP contribution in [0.4, 0.5) is 10.1 Å². The summed E-state index contributed by atoms with van der Waals surface area (Å²) in [6.07, 6.45) is 9.18. The van der Waals surface area contributed by atoms with E-state index in [1.54, 1.807) is 29.7 Å². The number of nitrogens with zero attached hydrogens (tertiary/aromatic N) is 6. The first kappa shape index (κ1) is 29.5. The minimum atomic E-state index is -0.358. The number of ether oxygens (including phenoxy) is 1. The van der Waals surface area contributed by atoms with Crippen molar-refractivity contribution in [2.75, 3.05) is 52.2 Å². The molecule has 6 aromatic rings. The molecule has 7 rings (SSSR count). The molecule has 1 aliphatic rings. The number of aromatic nitrogens is 6. The number of halogens is 1. The van der Waals surface area contributed by atoms with E-state index in [0.717, 1.165) is 52.7 Å². The van der Waals surface area contributed by atoms with Crippen LogP contribution in [-0.4, -0.2) is 92.7 Å². The van der Waals surface area contributed by atoms with Crippen LogP contribution < -0.4 is 10.1 Å². The highest BCUT2D eigenvalue weighted by molar-refractivity contribution is 6.00. The van der Waals surface area contributed by atoms with E-state index in [4.69, 9.17) is 4.74 Å². The number of benzene rings is 1. The van der Waals surface area contributed by atoms with E-state index in [0.29, 0.717) is 40.6 Å². The quantitative estimate of drug-likeness (QED) is 0.187. The number of rotatable bonds is 10. The molecule has 234 valence electrons. The van der Waals surface area contributed by atoms with Crippen molar-refractivity contribution in [3.63, 3.8) is 0 Å². The fourth-order valence-corrected chi connectivity index (χ4v) is 5.92. The van der Waals surface area contributed by atoms with Gasteiger partial charge in [-0.1, -0.05) is 0 Å². The third kappa shape index (κ3) is 6.30. The Hall–Kier alpha value is -5.20. The van der Waals surface area contributed by atoms with Crippen LogP contribution in [0.25, 0.3) is 55.7 Å². The maximum Gasteiger partial charge on any atom is 0.238 e. The van der Waals surface area contributed by atoms with Gasteiger partial charge in [0.1, 0.15) is 29.5 Å². The molecule has 0 bridgehead atoms. The van der Waals surface area contributed by atoms with Gasteiger partial charge in [0.25, 0.3) is 0 Å². The van der Waals surface area contributed by atoms with Crippen molar-refractivity contribution in [3.8, 4) is 39.5 Å². The third-order valence-electron chi connectivity index (χ3n) is 8.07. The van der Waals surface area contributed by atoms with E-state index in [1.807, 2.05) is 44.4 Å². The highest BCUT2D eigenvalue weighted by Crippen LogP contribution is 2.35. The first-order valence-corrected chi connectivity index (χ1v) is 15.3. The van der Waals surface area contributed by atoms with Crippen LogP contribution in [0.5, 0.6) is 5.75 Å². The molecule has 11 nitrogen and oxygen atoms in total. The van der Waals surface area contributed by atoms with Crippen LogP contribution in [0.2, 0.25) is 0 Å². The highest BCUT2D eigenvalue weighted by atomic mass is 19.1. The Balaban J connectivity index is 1.18. The standard InChI is InChI=1S/C34H34FN9O2/c1-43(2)20-32(45)39-24-12-22(17-36-18-24)29-16-28-31(19-38-29)41-42-33(28)30-15-27-26(5-6-37-34(27)40-30)21-11-23(35)14-25(13-21)46-10-9-44-7-3-4-8-44/h5-6,11-19H,3-4,7-10,20H2,1-2H3,(H,37,40)(H,39,45)(H,41,42). The highest BCUT2D eigenvalue weighted by Gasteiger charge is 2.17. The van der Waals surface area contributed by atoms with E-state index in [1.165, 1.54) is 25.0 Å². The average molecular weight is 620 g/mol. The molecule has 1 aliphatic heterocycles. The average Bonchev–Trinajstić information content (AvgIpc) is 3.80. The Morgan fingerprint density at radius 1 is 1.02 bits per heavy atom. The number of carbonyl (C=O) groups excluding carboxylic acids is 1. The molecule has 1 aromatic carbocycles. The lowest BCUT2D eigenvalue weighted by Crippen LogP contribution is -2.27. The molecule has 0 radical (unpaired) electrons. The number of nitrogens with one attached hydrogen (secondary N) is 3. The Morgan fingerprint density at radius 3 is 2.74 bits per heavy atom. The topological polar surface area (TPSA) is 128 Å². The molecule has 46 heavy (non-hydrogen) atoms. The lowest BCUT2D eigenvalue weighted by Gasteiger charge is -2.15. The van der Waals surface area contributed by atoms with E-state index in [-0.39, 0.29) is 18.3 Å². The summed E-state index contributed by atoms with van der Waals surface area (Å²) >= 11 is 0. The maximum atomic E-state index is 14.8. The predicted octanol–water partition coefficient (Wildman–Crippen LogP) is 5.34. The van der Waals surface area contributed by atoms with Crippen LogP contribution in [0.3, 0.4) is 0 Å². The van der Waals surface area contributed by atoms with Gasteiger partial charge in [-0.2, -0.15) is 5.10 Å². The summed E-state index contributed by atoms with van der Waals surface area (Å²) in [6.45, 7) is 3.79. The van der Waals surface area contributed by atoms with Gasteiger partial charge in [-0.3, -0.25) is 24.8 Å². The zero-order chi connectivity index (χ0) is 31.6. The van der Waals surface area contributed by atoms with Gasteiger partial charge in [0, 0.05) is 41.3 Å². The molecule has 0 spiro atoms. The lowest BCUT2D eigenvalue weighted by atomic mass is 10.0. The van der Waals surface area contributed by atoms with Gasteiger partial charge in [-0.25, -0.2) is 9.37 Å². The molecule has 1 saturated heterocycles.